The highest BCUT2D eigenvalue weighted by Crippen LogP contribution is 1.90. The predicted molar refractivity (Wildman–Crippen MR) is 117 cm³/mol. The Bertz CT molecular complexity index is 440. The van der Waals surface area contributed by atoms with Gasteiger partial charge in [-0.05, 0) is 6.42 Å². The zero-order valence-corrected chi connectivity index (χ0v) is 19.5. The Morgan fingerprint density at radius 1 is 0.545 bits per heavy atom. The van der Waals surface area contributed by atoms with Crippen molar-refractivity contribution in [1.82, 2.24) is 5.32 Å². The first-order valence-corrected chi connectivity index (χ1v) is 11.3. The lowest BCUT2D eigenvalue weighted by Gasteiger charge is -2.08. The van der Waals surface area contributed by atoms with Crippen molar-refractivity contribution in [2.75, 3.05) is 106 Å². The van der Waals surface area contributed by atoms with Gasteiger partial charge in [-0.15, -0.1) is 0 Å². The third-order valence-electron chi connectivity index (χ3n) is 3.82. The summed E-state index contributed by atoms with van der Waals surface area (Å²) in [6, 6.07) is 0. The van der Waals surface area contributed by atoms with E-state index in [4.69, 9.17) is 43.4 Å². The minimum Gasteiger partial charge on any atom is -0.481 e. The van der Waals surface area contributed by atoms with Crippen LogP contribution in [0.2, 0.25) is 0 Å². The molecule has 0 saturated carbocycles. The van der Waals surface area contributed by atoms with Crippen LogP contribution in [0.4, 0.5) is 0 Å². The molecule has 196 valence electrons. The summed E-state index contributed by atoms with van der Waals surface area (Å²) in [6.45, 7) is 7.03. The Morgan fingerprint density at radius 3 is 1.27 bits per heavy atom. The number of carboxylic acid groups (broad SMARTS) is 1. The largest absolute Gasteiger partial charge is 0.481 e. The van der Waals surface area contributed by atoms with E-state index in [1.165, 1.54) is 0 Å². The number of hydrogen-bond donors (Lipinski definition) is 3. The Morgan fingerprint density at radius 2 is 0.909 bits per heavy atom. The van der Waals surface area contributed by atoms with E-state index in [0.717, 1.165) is 0 Å². The summed E-state index contributed by atoms with van der Waals surface area (Å²) in [5, 5.41) is 19.7. The second-order valence-electron chi connectivity index (χ2n) is 6.61. The van der Waals surface area contributed by atoms with Crippen molar-refractivity contribution in [1.29, 1.82) is 0 Å². The summed E-state index contributed by atoms with van der Waals surface area (Å²) in [7, 11) is 0. The van der Waals surface area contributed by atoms with Crippen molar-refractivity contribution in [2.24, 2.45) is 0 Å². The molecule has 0 aliphatic carbocycles. The Labute approximate surface area is 195 Å². The number of nitrogens with one attached hydrogen (secondary N) is 1. The molecule has 12 heteroatoms. The summed E-state index contributed by atoms with van der Waals surface area (Å²) in [6.07, 6.45) is 0.489. The molecule has 3 N–H and O–H groups in total. The van der Waals surface area contributed by atoms with Crippen LogP contribution in [0, 0.1) is 0 Å². The second-order valence-corrected chi connectivity index (χ2v) is 6.61. The van der Waals surface area contributed by atoms with Gasteiger partial charge in [0.15, 0.2) is 0 Å². The van der Waals surface area contributed by atoms with Gasteiger partial charge in [0.05, 0.1) is 98.9 Å². The van der Waals surface area contributed by atoms with Crippen molar-refractivity contribution in [3.63, 3.8) is 0 Å². The summed E-state index contributed by atoms with van der Waals surface area (Å²) < 4.78 is 37.3. The zero-order chi connectivity index (χ0) is 24.2. The first-order valence-electron chi connectivity index (χ1n) is 11.3. The Hall–Kier alpha value is -1.38. The fourth-order valence-corrected chi connectivity index (χ4v) is 2.20. The SMILES string of the molecule is O=C(O)CCC(=O)NCCCOCCOCCOCCOCCOCCOCCOCCO. The molecule has 0 aliphatic rings. The van der Waals surface area contributed by atoms with E-state index in [0.29, 0.717) is 105 Å². The summed E-state index contributed by atoms with van der Waals surface area (Å²) >= 11 is 0. The lowest BCUT2D eigenvalue weighted by Crippen LogP contribution is -2.25. The molecule has 0 unspecified atom stereocenters. The van der Waals surface area contributed by atoms with E-state index in [1.54, 1.807) is 0 Å². The van der Waals surface area contributed by atoms with Crippen LogP contribution in [0.15, 0.2) is 0 Å². The van der Waals surface area contributed by atoms with Gasteiger partial charge in [-0.3, -0.25) is 9.59 Å². The normalized spacial score (nSPS) is 11.1. The molecule has 0 rings (SSSR count). The van der Waals surface area contributed by atoms with Crippen LogP contribution >= 0.6 is 0 Å². The highest BCUT2D eigenvalue weighted by Gasteiger charge is 2.04. The number of aliphatic hydroxyl groups excluding tert-OH is 1. The molecule has 0 saturated heterocycles. The molecule has 0 aromatic rings. The Balaban J connectivity index is 3.08. The van der Waals surface area contributed by atoms with Gasteiger partial charge < -0.3 is 48.7 Å². The van der Waals surface area contributed by atoms with E-state index in [2.05, 4.69) is 5.32 Å². The summed E-state index contributed by atoms with van der Waals surface area (Å²) in [4.78, 5) is 21.6. The number of aliphatic hydroxyl groups is 1. The molecular formula is C21H41NO11. The first kappa shape index (κ1) is 31.6. The molecule has 0 radical (unpaired) electrons. The molecule has 0 aromatic heterocycles. The molecule has 0 heterocycles. The van der Waals surface area contributed by atoms with Gasteiger partial charge in [0.2, 0.25) is 5.91 Å². The second kappa shape index (κ2) is 26.9. The van der Waals surface area contributed by atoms with Gasteiger partial charge in [-0.2, -0.15) is 0 Å². The average molecular weight is 484 g/mol. The highest BCUT2D eigenvalue weighted by atomic mass is 16.6. The summed E-state index contributed by atoms with van der Waals surface area (Å²) in [5.74, 6) is -1.25. The van der Waals surface area contributed by atoms with E-state index < -0.39 is 5.97 Å². The third kappa shape index (κ3) is 28.6. The maximum atomic E-state index is 11.3. The number of rotatable bonds is 27. The van der Waals surface area contributed by atoms with Gasteiger partial charge in [0.25, 0.3) is 0 Å². The van der Waals surface area contributed by atoms with Gasteiger partial charge in [0.1, 0.15) is 0 Å². The smallest absolute Gasteiger partial charge is 0.303 e. The van der Waals surface area contributed by atoms with E-state index in [9.17, 15) is 9.59 Å². The van der Waals surface area contributed by atoms with Crippen LogP contribution in [0.3, 0.4) is 0 Å². The van der Waals surface area contributed by atoms with Crippen LogP contribution in [-0.4, -0.2) is 128 Å². The standard InChI is InChI=1S/C21H41NO11/c23-5-7-28-9-11-30-13-15-32-17-19-33-18-16-31-14-12-29-10-8-27-6-1-4-22-20(24)2-3-21(25)26/h23H,1-19H2,(H,22,24)(H,25,26). The van der Waals surface area contributed by atoms with E-state index in [1.807, 2.05) is 0 Å². The molecule has 0 spiro atoms. The Kier molecular flexibility index (Phi) is 25.7. The molecule has 0 bridgehead atoms. The van der Waals surface area contributed by atoms with Gasteiger partial charge >= 0.3 is 5.97 Å². The van der Waals surface area contributed by atoms with Crippen molar-refractivity contribution in [2.45, 2.75) is 19.3 Å². The van der Waals surface area contributed by atoms with Gasteiger partial charge in [-0.1, -0.05) is 0 Å². The summed E-state index contributed by atoms with van der Waals surface area (Å²) in [5.41, 5.74) is 0. The van der Waals surface area contributed by atoms with Crippen LogP contribution < -0.4 is 5.32 Å². The molecule has 0 atom stereocenters. The number of ether oxygens (including phenoxy) is 7. The molecule has 0 aromatic carbocycles. The van der Waals surface area contributed by atoms with Crippen LogP contribution in [-0.2, 0) is 42.7 Å². The lowest BCUT2D eigenvalue weighted by molar-refractivity contribution is -0.138. The fourth-order valence-electron chi connectivity index (χ4n) is 2.20. The van der Waals surface area contributed by atoms with Crippen molar-refractivity contribution in [3.05, 3.63) is 0 Å². The van der Waals surface area contributed by atoms with Crippen molar-refractivity contribution in [3.8, 4) is 0 Å². The molecule has 0 fully saturated rings. The number of aliphatic carboxylic acids is 1. The van der Waals surface area contributed by atoms with Crippen LogP contribution in [0.5, 0.6) is 0 Å². The van der Waals surface area contributed by atoms with Gasteiger partial charge in [0, 0.05) is 19.6 Å². The number of amides is 1. The molecular weight excluding hydrogens is 442 g/mol. The molecule has 1 amide bonds. The van der Waals surface area contributed by atoms with Crippen LogP contribution in [0.1, 0.15) is 19.3 Å². The number of hydrogen-bond acceptors (Lipinski definition) is 10. The first-order chi connectivity index (χ1) is 16.2. The number of carboxylic acids is 1. The minimum absolute atomic E-state index is 0.00648. The van der Waals surface area contributed by atoms with Gasteiger partial charge in [-0.25, -0.2) is 0 Å². The fraction of sp³-hybridized carbons (Fsp3) is 0.905. The number of carbonyl (C=O) groups excluding carboxylic acids is 1. The highest BCUT2D eigenvalue weighted by molar-refractivity contribution is 5.80. The maximum Gasteiger partial charge on any atom is 0.303 e. The lowest BCUT2D eigenvalue weighted by atomic mass is 10.3. The molecule has 12 nitrogen and oxygen atoms in total. The molecule has 33 heavy (non-hydrogen) atoms. The van der Waals surface area contributed by atoms with E-state index >= 15 is 0 Å². The average Bonchev–Trinajstić information content (AvgIpc) is 2.80. The quantitative estimate of drug-likeness (QED) is 0.129. The van der Waals surface area contributed by atoms with Crippen molar-refractivity contribution >= 4 is 11.9 Å². The predicted octanol–water partition coefficient (Wildman–Crippen LogP) is -0.534. The van der Waals surface area contributed by atoms with Crippen molar-refractivity contribution < 1.29 is 53.0 Å². The van der Waals surface area contributed by atoms with Crippen LogP contribution in [0.25, 0.3) is 0 Å². The minimum atomic E-state index is -0.981. The maximum absolute atomic E-state index is 11.3. The number of carbonyl (C=O) groups is 2. The third-order valence-corrected chi connectivity index (χ3v) is 3.82. The van der Waals surface area contributed by atoms with E-state index in [-0.39, 0.29) is 25.4 Å². The molecule has 0 aliphatic heterocycles. The zero-order valence-electron chi connectivity index (χ0n) is 19.5. The monoisotopic (exact) mass is 483 g/mol. The topological polar surface area (TPSA) is 151 Å².